The fourth-order valence-electron chi connectivity index (χ4n) is 9.17. The number of hydrogen-bond donors (Lipinski definition) is 18. The lowest BCUT2D eigenvalue weighted by Crippen LogP contribution is -2.72. The first kappa shape index (κ1) is 58.1. The van der Waals surface area contributed by atoms with Gasteiger partial charge in [0.05, 0.1) is 38.6 Å². The van der Waals surface area contributed by atoms with Gasteiger partial charge >= 0.3 is 0 Å². The van der Waals surface area contributed by atoms with Gasteiger partial charge in [0, 0.05) is 13.8 Å². The molecule has 0 aliphatic carbocycles. The molecule has 0 aromatic rings. The Morgan fingerprint density at radius 1 is 0.366 bits per heavy atom. The van der Waals surface area contributed by atoms with E-state index in [4.69, 9.17) is 52.1 Å². The SMILES string of the molecule is CC(=O)N[C@H]1[C@@H](O[C@H]2[C@@H](O)[C@@H](CO)O[C@@H](O[C@@H]3[C@@H](NC(C)=O)[C@H](O[C@H]4[C@@H](O)[C@@H](CO)OC(O)[C@@H]4O)O[C@H](CO)[C@H]3O[C@@H]3O[C@@H](C)[C@@H](O)[C@@H](O)[C@@H]3O)[C@@H]2O[C@@H]2O[C@@H](C)[C@@H](O)[C@@H](O)[C@@H]2O)O[C@H](CO)[C@H](O)[C@@H]1O. The van der Waals surface area contributed by atoms with E-state index in [0.717, 1.165) is 13.8 Å². The lowest BCUT2D eigenvalue weighted by molar-refractivity contribution is -0.407. The van der Waals surface area contributed by atoms with Crippen LogP contribution in [0.3, 0.4) is 0 Å². The predicted molar refractivity (Wildman–Crippen MR) is 220 cm³/mol. The molecule has 6 fully saturated rings. The van der Waals surface area contributed by atoms with E-state index in [2.05, 4.69) is 10.6 Å². The summed E-state index contributed by atoms with van der Waals surface area (Å²) in [5, 5.41) is 177. The van der Waals surface area contributed by atoms with Crippen molar-refractivity contribution in [2.24, 2.45) is 0 Å². The largest absolute Gasteiger partial charge is 0.394 e. The maximum atomic E-state index is 13.1. The van der Waals surface area contributed by atoms with E-state index in [1.165, 1.54) is 13.8 Å². The third kappa shape index (κ3) is 12.4. The molecular formula is C40H68N2O29. The second-order valence-electron chi connectivity index (χ2n) is 18.2. The standard InChI is InChI=1S/C40H68N2O29/c1-9-19(49)25(55)27(57)38(61-9)67-30-16(8-46)66-37(69-32-22(52)14(6-44)63-35(60)29(32)59)18(42-12(4)48)31(30)68-40-34(71-39-28(58)26(56)20(50)10(2)62-39)33(23(53)15(7-45)65-40)70-36-17(41-11(3)47)24(54)21(51)13(5-43)64-36/h9-10,13-40,43-46,49-60H,5-8H2,1-4H3,(H,41,47)(H,42,48)/t9-,10-,13+,14+,15+,16+,17+,18+,19+,20+,21-,22-,23-,24+,25+,26+,27-,28-,29+,30+,31+,32-,33-,34+,35?,36+,37-,38-,39-,40-/m0/s1. The zero-order valence-corrected chi connectivity index (χ0v) is 38.6. The number of nitrogens with one attached hydrogen (secondary N) is 2. The van der Waals surface area contributed by atoms with E-state index < -0.39 is 222 Å². The third-order valence-corrected chi connectivity index (χ3v) is 13.2. The van der Waals surface area contributed by atoms with Gasteiger partial charge in [0.15, 0.2) is 37.7 Å². The monoisotopic (exact) mass is 1040 g/mol. The van der Waals surface area contributed by atoms with Crippen LogP contribution in [0.1, 0.15) is 27.7 Å². The molecule has 30 atom stereocenters. The average Bonchev–Trinajstić information content (AvgIpc) is 3.33. The van der Waals surface area contributed by atoms with E-state index >= 15 is 0 Å². The van der Waals surface area contributed by atoms with Gasteiger partial charge in [-0.1, -0.05) is 0 Å². The number of amides is 2. The first-order valence-electron chi connectivity index (χ1n) is 22.8. The van der Waals surface area contributed by atoms with Crippen LogP contribution in [-0.2, 0) is 61.7 Å². The first-order chi connectivity index (χ1) is 33.5. The summed E-state index contributed by atoms with van der Waals surface area (Å²) in [7, 11) is 0. The smallest absolute Gasteiger partial charge is 0.217 e. The lowest BCUT2D eigenvalue weighted by atomic mass is 9.93. The second kappa shape index (κ2) is 24.7. The highest BCUT2D eigenvalue weighted by molar-refractivity contribution is 5.73. The van der Waals surface area contributed by atoms with Crippen molar-refractivity contribution >= 4 is 11.8 Å². The molecule has 0 bridgehead atoms. The van der Waals surface area contributed by atoms with Gasteiger partial charge in [-0.2, -0.15) is 0 Å². The molecular weight excluding hydrogens is 972 g/mol. The van der Waals surface area contributed by atoms with Gasteiger partial charge in [0.25, 0.3) is 0 Å². The first-order valence-corrected chi connectivity index (χ1v) is 22.8. The van der Waals surface area contributed by atoms with E-state index in [9.17, 15) is 91.3 Å². The van der Waals surface area contributed by atoms with Crippen molar-refractivity contribution in [1.82, 2.24) is 10.6 Å². The topological polar surface area (TPSA) is 483 Å². The quantitative estimate of drug-likeness (QED) is 0.0682. The van der Waals surface area contributed by atoms with Gasteiger partial charge in [-0.3, -0.25) is 9.59 Å². The van der Waals surface area contributed by atoms with Crippen molar-refractivity contribution < 1.29 is 143 Å². The summed E-state index contributed by atoms with van der Waals surface area (Å²) in [5.74, 6) is -1.70. The van der Waals surface area contributed by atoms with Crippen LogP contribution in [0.4, 0.5) is 0 Å². The van der Waals surface area contributed by atoms with Gasteiger partial charge in [-0.25, -0.2) is 0 Å². The third-order valence-electron chi connectivity index (χ3n) is 13.2. The Hall–Kier alpha value is -2.14. The van der Waals surface area contributed by atoms with E-state index in [-0.39, 0.29) is 0 Å². The van der Waals surface area contributed by atoms with Crippen LogP contribution in [0, 0.1) is 0 Å². The minimum atomic E-state index is -2.21. The number of rotatable bonds is 16. The van der Waals surface area contributed by atoms with Gasteiger partial charge in [0.2, 0.25) is 11.8 Å². The van der Waals surface area contributed by atoms with Crippen LogP contribution in [0.5, 0.6) is 0 Å². The molecule has 6 aliphatic rings. The fourth-order valence-corrected chi connectivity index (χ4v) is 9.17. The van der Waals surface area contributed by atoms with Crippen molar-refractivity contribution in [3.05, 3.63) is 0 Å². The molecule has 0 aromatic heterocycles. The summed E-state index contributed by atoms with van der Waals surface area (Å²) in [4.78, 5) is 25.5. The zero-order chi connectivity index (χ0) is 52.5. The summed E-state index contributed by atoms with van der Waals surface area (Å²) < 4.78 is 65.4. The molecule has 6 saturated heterocycles. The number of aliphatic hydroxyl groups is 16. The molecule has 6 heterocycles. The fraction of sp³-hybridized carbons (Fsp3) is 0.950. The van der Waals surface area contributed by atoms with E-state index in [1.54, 1.807) is 0 Å². The van der Waals surface area contributed by atoms with Crippen molar-refractivity contribution in [2.75, 3.05) is 26.4 Å². The number of hydrogen-bond acceptors (Lipinski definition) is 29. The molecule has 0 spiro atoms. The van der Waals surface area contributed by atoms with Crippen LogP contribution in [0.2, 0.25) is 0 Å². The highest BCUT2D eigenvalue weighted by atomic mass is 16.8. The minimum Gasteiger partial charge on any atom is -0.394 e. The molecule has 31 nitrogen and oxygen atoms in total. The Morgan fingerprint density at radius 3 is 1.28 bits per heavy atom. The molecule has 412 valence electrons. The highest BCUT2D eigenvalue weighted by Gasteiger charge is 2.59. The molecule has 6 aliphatic heterocycles. The summed E-state index contributed by atoms with van der Waals surface area (Å²) in [6.45, 7) is 0.597. The van der Waals surface area contributed by atoms with Crippen molar-refractivity contribution in [3.63, 3.8) is 0 Å². The van der Waals surface area contributed by atoms with Crippen molar-refractivity contribution in [3.8, 4) is 0 Å². The van der Waals surface area contributed by atoms with Gasteiger partial charge in [-0.05, 0) is 13.8 Å². The molecule has 2 amide bonds. The molecule has 0 saturated carbocycles. The van der Waals surface area contributed by atoms with Crippen LogP contribution in [-0.4, -0.2) is 304 Å². The summed E-state index contributed by atoms with van der Waals surface area (Å²) >= 11 is 0. The van der Waals surface area contributed by atoms with Crippen molar-refractivity contribution in [2.45, 2.75) is 212 Å². The molecule has 18 N–H and O–H groups in total. The van der Waals surface area contributed by atoms with E-state index in [0.29, 0.717) is 0 Å². The van der Waals surface area contributed by atoms with Crippen LogP contribution < -0.4 is 10.6 Å². The minimum absolute atomic E-state index is 0.800. The molecule has 1 unspecified atom stereocenters. The van der Waals surface area contributed by atoms with Gasteiger partial charge < -0.3 is 144 Å². The highest BCUT2D eigenvalue weighted by Crippen LogP contribution is 2.39. The van der Waals surface area contributed by atoms with Gasteiger partial charge in [0.1, 0.15) is 134 Å². The Bertz CT molecular complexity index is 1710. The second-order valence-corrected chi connectivity index (χ2v) is 18.2. The Kier molecular flexibility index (Phi) is 20.2. The number of carbonyl (C=O) groups excluding carboxylic acids is 2. The molecule has 0 aromatic carbocycles. The maximum Gasteiger partial charge on any atom is 0.217 e. The number of carbonyl (C=O) groups is 2. The van der Waals surface area contributed by atoms with Gasteiger partial charge in [-0.15, -0.1) is 0 Å². The predicted octanol–water partition coefficient (Wildman–Crippen LogP) is -11.8. The Balaban J connectivity index is 1.48. The maximum absolute atomic E-state index is 13.1. The molecule has 0 radical (unpaired) electrons. The van der Waals surface area contributed by atoms with Crippen molar-refractivity contribution in [1.29, 1.82) is 0 Å². The number of ether oxygens (including phenoxy) is 11. The lowest BCUT2D eigenvalue weighted by Gasteiger charge is -2.53. The van der Waals surface area contributed by atoms with Crippen LogP contribution in [0.15, 0.2) is 0 Å². The Morgan fingerprint density at radius 2 is 0.761 bits per heavy atom. The summed E-state index contributed by atoms with van der Waals surface area (Å²) in [5.41, 5.74) is 0. The molecule has 71 heavy (non-hydrogen) atoms. The normalized spacial score (nSPS) is 50.8. The van der Waals surface area contributed by atoms with Crippen LogP contribution >= 0.6 is 0 Å². The Labute approximate surface area is 403 Å². The average molecular weight is 1040 g/mol. The number of aliphatic hydroxyl groups excluding tert-OH is 16. The molecule has 31 heteroatoms. The molecule has 6 rings (SSSR count). The summed E-state index contributed by atoms with van der Waals surface area (Å²) in [6, 6.07) is -3.56. The zero-order valence-electron chi connectivity index (χ0n) is 38.6. The van der Waals surface area contributed by atoms with E-state index in [1.807, 2.05) is 0 Å². The summed E-state index contributed by atoms with van der Waals surface area (Å²) in [6.07, 6.45) is -52.8. The van der Waals surface area contributed by atoms with Crippen LogP contribution in [0.25, 0.3) is 0 Å².